The fourth-order valence-corrected chi connectivity index (χ4v) is 1.76. The molecule has 0 radical (unpaired) electrons. The second-order valence-corrected chi connectivity index (χ2v) is 3.83. The first kappa shape index (κ1) is 11.3. The minimum atomic E-state index is -0.432. The highest BCUT2D eigenvalue weighted by molar-refractivity contribution is 5.68. The molecule has 0 aliphatic heterocycles. The number of hydrogen-bond acceptors (Lipinski definition) is 3. The average molecular weight is 231 g/mol. The second kappa shape index (κ2) is 4.78. The summed E-state index contributed by atoms with van der Waals surface area (Å²) >= 11 is 0. The molecule has 2 aromatic rings. The van der Waals surface area contributed by atoms with Gasteiger partial charge in [-0.05, 0) is 12.0 Å². The van der Waals surface area contributed by atoms with Gasteiger partial charge in [0.25, 0.3) is 0 Å². The first-order chi connectivity index (χ1) is 8.22. The Bertz CT molecular complexity index is 517. The third-order valence-electron chi connectivity index (χ3n) is 2.60. The number of nitrogens with zero attached hydrogens (tertiary/aromatic N) is 2. The molecule has 0 unspecified atom stereocenters. The number of aromatic amines is 1. The van der Waals surface area contributed by atoms with Crippen molar-refractivity contribution in [1.82, 2.24) is 10.2 Å². The van der Waals surface area contributed by atoms with Gasteiger partial charge in [0.2, 0.25) is 0 Å². The van der Waals surface area contributed by atoms with Gasteiger partial charge in [0.1, 0.15) is 11.9 Å². The number of nitrogens with one attached hydrogen (secondary N) is 1. The number of hydrogen-bond donors (Lipinski definition) is 1. The van der Waals surface area contributed by atoms with Gasteiger partial charge < -0.3 is 0 Å². The molecular formula is C12H13N3O2. The largest absolute Gasteiger partial charge is 0.314 e. The number of H-pyrrole nitrogens is 1. The lowest BCUT2D eigenvalue weighted by molar-refractivity contribution is -0.384. The summed E-state index contributed by atoms with van der Waals surface area (Å²) in [4.78, 5) is 10.3. The van der Waals surface area contributed by atoms with Crippen molar-refractivity contribution in [3.05, 3.63) is 46.1 Å². The quantitative estimate of drug-likeness (QED) is 0.649. The highest BCUT2D eigenvalue weighted by Crippen LogP contribution is 2.27. The smallest absolute Gasteiger partial charge is 0.271 e. The number of rotatable bonds is 4. The van der Waals surface area contributed by atoms with Gasteiger partial charge in [-0.3, -0.25) is 15.2 Å². The van der Waals surface area contributed by atoms with Gasteiger partial charge >= 0.3 is 5.69 Å². The van der Waals surface area contributed by atoms with Crippen molar-refractivity contribution in [2.45, 2.75) is 19.8 Å². The maximum atomic E-state index is 10.8. The molecule has 2 rings (SSSR count). The van der Waals surface area contributed by atoms with Crippen molar-refractivity contribution in [1.29, 1.82) is 0 Å². The van der Waals surface area contributed by atoms with Crippen LogP contribution in [0.25, 0.3) is 11.3 Å². The van der Waals surface area contributed by atoms with E-state index < -0.39 is 4.92 Å². The SMILES string of the molecule is CCCc1ccc(-c2[nH]ncc2[N+](=O)[O-])cc1. The van der Waals surface area contributed by atoms with E-state index in [0.717, 1.165) is 18.4 Å². The summed E-state index contributed by atoms with van der Waals surface area (Å²) in [5.74, 6) is 0. The lowest BCUT2D eigenvalue weighted by Gasteiger charge is -2.01. The van der Waals surface area contributed by atoms with E-state index in [9.17, 15) is 10.1 Å². The van der Waals surface area contributed by atoms with E-state index in [-0.39, 0.29) is 5.69 Å². The predicted octanol–water partition coefficient (Wildman–Crippen LogP) is 2.94. The molecule has 5 heteroatoms. The molecule has 0 aliphatic rings. The van der Waals surface area contributed by atoms with Crippen LogP contribution in [0, 0.1) is 10.1 Å². The monoisotopic (exact) mass is 231 g/mol. The first-order valence-electron chi connectivity index (χ1n) is 5.49. The van der Waals surface area contributed by atoms with E-state index in [1.165, 1.54) is 11.8 Å². The summed E-state index contributed by atoms with van der Waals surface area (Å²) < 4.78 is 0. The summed E-state index contributed by atoms with van der Waals surface area (Å²) in [6, 6.07) is 7.74. The molecule has 0 saturated heterocycles. The molecule has 0 fully saturated rings. The third kappa shape index (κ3) is 2.33. The van der Waals surface area contributed by atoms with Crippen LogP contribution in [0.4, 0.5) is 5.69 Å². The molecule has 1 aromatic heterocycles. The molecule has 88 valence electrons. The molecule has 17 heavy (non-hydrogen) atoms. The van der Waals surface area contributed by atoms with Gasteiger partial charge in [-0.2, -0.15) is 5.10 Å². The van der Waals surface area contributed by atoms with Crippen molar-refractivity contribution in [2.75, 3.05) is 0 Å². The van der Waals surface area contributed by atoms with Crippen LogP contribution in [0.3, 0.4) is 0 Å². The Morgan fingerprint density at radius 2 is 2.06 bits per heavy atom. The van der Waals surface area contributed by atoms with Gasteiger partial charge in [-0.15, -0.1) is 0 Å². The van der Waals surface area contributed by atoms with Crippen LogP contribution in [-0.4, -0.2) is 15.1 Å². The molecular weight excluding hydrogens is 218 g/mol. The van der Waals surface area contributed by atoms with Gasteiger partial charge in [0, 0.05) is 5.56 Å². The number of aromatic nitrogens is 2. The number of nitro groups is 1. The summed E-state index contributed by atoms with van der Waals surface area (Å²) in [6.45, 7) is 2.12. The molecule has 5 nitrogen and oxygen atoms in total. The van der Waals surface area contributed by atoms with E-state index in [1.807, 2.05) is 24.3 Å². The van der Waals surface area contributed by atoms with E-state index in [2.05, 4.69) is 17.1 Å². The molecule has 0 amide bonds. The molecule has 0 bridgehead atoms. The summed E-state index contributed by atoms with van der Waals surface area (Å²) in [7, 11) is 0. The minimum Gasteiger partial charge on any atom is -0.271 e. The van der Waals surface area contributed by atoms with Crippen LogP contribution in [0.15, 0.2) is 30.5 Å². The van der Waals surface area contributed by atoms with E-state index in [4.69, 9.17) is 0 Å². The van der Waals surface area contributed by atoms with Gasteiger partial charge in [0.05, 0.1) is 4.92 Å². The molecule has 0 atom stereocenters. The number of aryl methyl sites for hydroxylation is 1. The molecule has 1 heterocycles. The standard InChI is InChI=1S/C12H13N3O2/c1-2-3-9-4-6-10(7-5-9)12-11(15(16)17)8-13-14-12/h4-8H,2-3H2,1H3,(H,13,14). The predicted molar refractivity (Wildman–Crippen MR) is 64.7 cm³/mol. The highest BCUT2D eigenvalue weighted by atomic mass is 16.6. The topological polar surface area (TPSA) is 71.8 Å². The Balaban J connectivity index is 2.33. The Morgan fingerprint density at radius 3 is 2.65 bits per heavy atom. The highest BCUT2D eigenvalue weighted by Gasteiger charge is 2.17. The minimum absolute atomic E-state index is 0.00763. The maximum Gasteiger partial charge on any atom is 0.314 e. The Hall–Kier alpha value is -2.17. The molecule has 0 aliphatic carbocycles. The van der Waals surface area contributed by atoms with Crippen LogP contribution in [0.2, 0.25) is 0 Å². The molecule has 0 spiro atoms. The fourth-order valence-electron chi connectivity index (χ4n) is 1.76. The van der Waals surface area contributed by atoms with Crippen LogP contribution < -0.4 is 0 Å². The van der Waals surface area contributed by atoms with Crippen molar-refractivity contribution in [3.8, 4) is 11.3 Å². The lowest BCUT2D eigenvalue weighted by Crippen LogP contribution is -1.90. The van der Waals surface area contributed by atoms with Crippen LogP contribution in [-0.2, 0) is 6.42 Å². The molecule has 1 aromatic carbocycles. The summed E-state index contributed by atoms with van der Waals surface area (Å²) in [5.41, 5.74) is 2.48. The zero-order valence-corrected chi connectivity index (χ0v) is 9.51. The maximum absolute atomic E-state index is 10.8. The molecule has 0 saturated carbocycles. The molecule has 1 N–H and O–H groups in total. The zero-order chi connectivity index (χ0) is 12.3. The van der Waals surface area contributed by atoms with Crippen molar-refractivity contribution >= 4 is 5.69 Å². The van der Waals surface area contributed by atoms with Gasteiger partial charge in [-0.25, -0.2) is 0 Å². The van der Waals surface area contributed by atoms with E-state index >= 15 is 0 Å². The zero-order valence-electron chi connectivity index (χ0n) is 9.51. The van der Waals surface area contributed by atoms with Crippen LogP contribution in [0.5, 0.6) is 0 Å². The third-order valence-corrected chi connectivity index (χ3v) is 2.60. The van der Waals surface area contributed by atoms with Crippen molar-refractivity contribution < 1.29 is 4.92 Å². The van der Waals surface area contributed by atoms with Crippen LogP contribution in [0.1, 0.15) is 18.9 Å². The average Bonchev–Trinajstić information content (AvgIpc) is 2.79. The van der Waals surface area contributed by atoms with Gasteiger partial charge in [-0.1, -0.05) is 37.6 Å². The van der Waals surface area contributed by atoms with E-state index in [1.54, 1.807) is 0 Å². The normalized spacial score (nSPS) is 10.4. The Morgan fingerprint density at radius 1 is 1.35 bits per heavy atom. The summed E-state index contributed by atoms with van der Waals surface area (Å²) in [5, 5.41) is 17.1. The Labute approximate surface area is 98.6 Å². The first-order valence-corrected chi connectivity index (χ1v) is 5.49. The van der Waals surface area contributed by atoms with Crippen LogP contribution >= 0.6 is 0 Å². The second-order valence-electron chi connectivity index (χ2n) is 3.83. The van der Waals surface area contributed by atoms with Gasteiger partial charge in [0.15, 0.2) is 0 Å². The Kier molecular flexibility index (Phi) is 3.18. The van der Waals surface area contributed by atoms with E-state index in [0.29, 0.717) is 5.69 Å². The van der Waals surface area contributed by atoms with Crippen molar-refractivity contribution in [2.24, 2.45) is 0 Å². The van der Waals surface area contributed by atoms with Crippen molar-refractivity contribution in [3.63, 3.8) is 0 Å². The number of benzene rings is 1. The lowest BCUT2D eigenvalue weighted by atomic mass is 10.1. The summed E-state index contributed by atoms with van der Waals surface area (Å²) in [6.07, 6.45) is 3.34. The fraction of sp³-hybridized carbons (Fsp3) is 0.250.